The van der Waals surface area contributed by atoms with Crippen molar-refractivity contribution in [1.82, 2.24) is 5.32 Å². The number of nitrogens with one attached hydrogen (secondary N) is 1. The van der Waals surface area contributed by atoms with Gasteiger partial charge in [0, 0.05) is 0 Å². The van der Waals surface area contributed by atoms with Gasteiger partial charge in [-0.2, -0.15) is 0 Å². The Morgan fingerprint density at radius 3 is 2.48 bits per heavy atom. The van der Waals surface area contributed by atoms with Crippen LogP contribution >= 0.6 is 0 Å². The molecule has 21 heavy (non-hydrogen) atoms. The fourth-order valence-corrected chi connectivity index (χ4v) is 2.90. The predicted octanol–water partition coefficient (Wildman–Crippen LogP) is 2.56. The highest BCUT2D eigenvalue weighted by molar-refractivity contribution is 6.30. The van der Waals surface area contributed by atoms with Gasteiger partial charge in [-0.1, -0.05) is 32.4 Å². The maximum absolute atomic E-state index is 12.7. The summed E-state index contributed by atoms with van der Waals surface area (Å²) < 4.78 is 0. The molecular formula is C16H18N2O3. The molecule has 110 valence electrons. The van der Waals surface area contributed by atoms with Crippen molar-refractivity contribution in [2.45, 2.75) is 39.0 Å². The van der Waals surface area contributed by atoms with Crippen molar-refractivity contribution in [2.24, 2.45) is 5.41 Å². The van der Waals surface area contributed by atoms with Crippen LogP contribution in [0.4, 0.5) is 10.5 Å². The summed E-state index contributed by atoms with van der Waals surface area (Å²) in [7, 11) is 0. The number of urea groups is 1. The normalized spacial score (nSPS) is 20.7. The smallest absolute Gasteiger partial charge is 0.276 e. The number of barbiturate groups is 1. The van der Waals surface area contributed by atoms with Crippen LogP contribution in [-0.2, 0) is 9.59 Å². The lowest BCUT2D eigenvalue weighted by Crippen LogP contribution is -2.66. The van der Waals surface area contributed by atoms with Gasteiger partial charge < -0.3 is 0 Å². The molecule has 0 radical (unpaired) electrons. The van der Waals surface area contributed by atoms with Gasteiger partial charge in [0.2, 0.25) is 5.91 Å². The van der Waals surface area contributed by atoms with Gasteiger partial charge in [-0.3, -0.25) is 14.9 Å². The monoisotopic (exact) mass is 286 g/mol. The van der Waals surface area contributed by atoms with E-state index in [0.717, 1.165) is 16.9 Å². The lowest BCUT2D eigenvalue weighted by atomic mass is 9.66. The molecule has 1 aliphatic heterocycles. The van der Waals surface area contributed by atoms with E-state index < -0.39 is 17.4 Å². The second kappa shape index (κ2) is 4.69. The summed E-state index contributed by atoms with van der Waals surface area (Å²) in [6, 6.07) is 6.71. The van der Waals surface area contributed by atoms with Crippen LogP contribution in [-0.4, -0.2) is 17.8 Å². The number of carbonyl (C=O) groups excluding carboxylic acids is 3. The zero-order chi connectivity index (χ0) is 15.2. The molecule has 0 unspecified atom stereocenters. The average Bonchev–Trinajstić information content (AvgIpc) is 2.36. The highest BCUT2D eigenvalue weighted by Gasteiger charge is 2.57. The Bertz CT molecular complexity index is 632. The van der Waals surface area contributed by atoms with Crippen molar-refractivity contribution >= 4 is 23.5 Å². The third-order valence-corrected chi connectivity index (χ3v) is 4.47. The van der Waals surface area contributed by atoms with E-state index in [1.165, 1.54) is 0 Å². The first-order valence-electron chi connectivity index (χ1n) is 7.26. The Morgan fingerprint density at radius 2 is 1.90 bits per heavy atom. The molecule has 0 aromatic heterocycles. The van der Waals surface area contributed by atoms with E-state index in [2.05, 4.69) is 5.32 Å². The second-order valence-electron chi connectivity index (χ2n) is 6.09. The number of anilines is 1. The van der Waals surface area contributed by atoms with E-state index in [1.807, 2.05) is 32.0 Å². The van der Waals surface area contributed by atoms with E-state index in [9.17, 15) is 14.4 Å². The van der Waals surface area contributed by atoms with Gasteiger partial charge in [0.25, 0.3) is 5.91 Å². The summed E-state index contributed by atoms with van der Waals surface area (Å²) in [6.45, 7) is 4.10. The molecule has 2 fully saturated rings. The second-order valence-corrected chi connectivity index (χ2v) is 6.09. The zero-order valence-electron chi connectivity index (χ0n) is 12.2. The maximum Gasteiger partial charge on any atom is 0.335 e. The fraction of sp³-hybridized carbons (Fsp3) is 0.438. The van der Waals surface area contributed by atoms with Crippen LogP contribution in [0.25, 0.3) is 0 Å². The number of imide groups is 2. The summed E-state index contributed by atoms with van der Waals surface area (Å²) in [5.74, 6) is -0.532. The molecule has 0 bridgehead atoms. The third-order valence-electron chi connectivity index (χ3n) is 4.47. The number of nitrogens with zero attached hydrogens (tertiary/aromatic N) is 1. The number of benzene rings is 1. The highest BCUT2D eigenvalue weighted by atomic mass is 16.2. The molecule has 1 aromatic carbocycles. The van der Waals surface area contributed by atoms with Crippen LogP contribution in [0.15, 0.2) is 24.3 Å². The molecule has 4 amide bonds. The number of amides is 4. The molecule has 0 atom stereocenters. The Balaban J connectivity index is 2.00. The molecule has 5 nitrogen and oxygen atoms in total. The Kier molecular flexibility index (Phi) is 3.08. The van der Waals surface area contributed by atoms with Gasteiger partial charge in [0.1, 0.15) is 5.41 Å². The number of hydrogen-bond acceptors (Lipinski definition) is 3. The molecule has 2 aliphatic rings. The highest BCUT2D eigenvalue weighted by Crippen LogP contribution is 2.45. The Labute approximate surface area is 123 Å². The quantitative estimate of drug-likeness (QED) is 0.850. The van der Waals surface area contributed by atoms with Crippen molar-refractivity contribution in [3.8, 4) is 0 Å². The summed E-state index contributed by atoms with van der Waals surface area (Å²) in [4.78, 5) is 37.9. The first-order chi connectivity index (χ1) is 9.95. The van der Waals surface area contributed by atoms with Gasteiger partial charge in [-0.25, -0.2) is 9.69 Å². The van der Waals surface area contributed by atoms with Crippen LogP contribution in [0.3, 0.4) is 0 Å². The molecule has 1 N–H and O–H groups in total. The van der Waals surface area contributed by atoms with Crippen molar-refractivity contribution < 1.29 is 14.4 Å². The fourth-order valence-electron chi connectivity index (χ4n) is 2.90. The summed E-state index contributed by atoms with van der Waals surface area (Å²) >= 11 is 0. The number of carbonyl (C=O) groups is 3. The molecular weight excluding hydrogens is 268 g/mol. The number of rotatable bonds is 2. The van der Waals surface area contributed by atoms with Crippen LogP contribution < -0.4 is 10.2 Å². The average molecular weight is 286 g/mol. The van der Waals surface area contributed by atoms with Crippen molar-refractivity contribution in [3.05, 3.63) is 29.8 Å². The van der Waals surface area contributed by atoms with Gasteiger partial charge in [0.05, 0.1) is 5.69 Å². The topological polar surface area (TPSA) is 66.5 Å². The summed E-state index contributed by atoms with van der Waals surface area (Å²) in [5.41, 5.74) is 0.553. The minimum Gasteiger partial charge on any atom is -0.276 e. The maximum atomic E-state index is 12.7. The molecule has 1 aromatic rings. The minimum absolute atomic E-state index is 0.298. The molecule has 1 saturated carbocycles. The molecule has 1 heterocycles. The van der Waals surface area contributed by atoms with Crippen LogP contribution in [0.5, 0.6) is 0 Å². The van der Waals surface area contributed by atoms with Gasteiger partial charge >= 0.3 is 6.03 Å². The van der Waals surface area contributed by atoms with Crippen molar-refractivity contribution in [1.29, 1.82) is 0 Å². The largest absolute Gasteiger partial charge is 0.335 e. The number of hydrogen-bond donors (Lipinski definition) is 1. The molecule has 1 saturated heterocycles. The van der Waals surface area contributed by atoms with E-state index in [4.69, 9.17) is 0 Å². The van der Waals surface area contributed by atoms with Crippen LogP contribution in [0, 0.1) is 5.41 Å². The van der Waals surface area contributed by atoms with Gasteiger partial charge in [-0.05, 0) is 36.5 Å². The van der Waals surface area contributed by atoms with Crippen molar-refractivity contribution in [2.75, 3.05) is 4.90 Å². The molecule has 5 heteroatoms. The summed E-state index contributed by atoms with van der Waals surface area (Å²) in [6.07, 6.45) is 1.88. The van der Waals surface area contributed by atoms with Crippen LogP contribution in [0.1, 0.15) is 44.6 Å². The SMILES string of the molecule is CC(C)c1cccc(N2C(=O)NC(=O)C3(CCC3)C2=O)c1. The minimum atomic E-state index is -1.03. The zero-order valence-corrected chi connectivity index (χ0v) is 12.2. The Hall–Kier alpha value is -2.17. The van der Waals surface area contributed by atoms with E-state index in [1.54, 1.807) is 6.07 Å². The predicted molar refractivity (Wildman–Crippen MR) is 77.8 cm³/mol. The van der Waals surface area contributed by atoms with E-state index in [0.29, 0.717) is 24.4 Å². The lowest BCUT2D eigenvalue weighted by molar-refractivity contribution is -0.148. The van der Waals surface area contributed by atoms with Gasteiger partial charge in [-0.15, -0.1) is 0 Å². The van der Waals surface area contributed by atoms with Crippen molar-refractivity contribution in [3.63, 3.8) is 0 Å². The summed E-state index contributed by atoms with van der Waals surface area (Å²) in [5, 5.41) is 2.33. The van der Waals surface area contributed by atoms with Crippen LogP contribution in [0.2, 0.25) is 0 Å². The first kappa shape index (κ1) is 13.8. The molecule has 1 aliphatic carbocycles. The lowest BCUT2D eigenvalue weighted by Gasteiger charge is -2.44. The molecule has 3 rings (SSSR count). The third kappa shape index (κ3) is 1.95. The van der Waals surface area contributed by atoms with Gasteiger partial charge in [0.15, 0.2) is 0 Å². The van der Waals surface area contributed by atoms with E-state index >= 15 is 0 Å². The Morgan fingerprint density at radius 1 is 1.19 bits per heavy atom. The van der Waals surface area contributed by atoms with E-state index in [-0.39, 0.29) is 5.91 Å². The standard InChI is InChI=1S/C16H18N2O3/c1-10(2)11-5-3-6-12(9-11)18-14(20)16(7-4-8-16)13(19)17-15(18)21/h3,5-6,9-10H,4,7-8H2,1-2H3,(H,17,19,21). The first-order valence-corrected chi connectivity index (χ1v) is 7.26. The molecule has 1 spiro atoms.